The Morgan fingerprint density at radius 1 is 0.400 bits per heavy atom. The Hall–Kier alpha value is -0.160. The first-order valence-electron chi connectivity index (χ1n) is 13.5. The van der Waals surface area contributed by atoms with Crippen molar-refractivity contribution in [2.24, 2.45) is 46.6 Å². The van der Waals surface area contributed by atoms with Crippen LogP contribution in [0.15, 0.2) is 0 Å². The van der Waals surface area contributed by atoms with Crippen molar-refractivity contribution in [3.63, 3.8) is 0 Å². The number of hydrogen-bond donors (Lipinski definition) is 4. The van der Waals surface area contributed by atoms with Crippen LogP contribution < -0.4 is 22.9 Å². The molecule has 8 N–H and O–H groups in total. The third-order valence-corrected chi connectivity index (χ3v) is 9.04. The van der Waals surface area contributed by atoms with Crippen LogP contribution in [0.3, 0.4) is 0 Å². The predicted molar refractivity (Wildman–Crippen MR) is 129 cm³/mol. The Balaban J connectivity index is 0.000000171. The Labute approximate surface area is 186 Å². The fourth-order valence-corrected chi connectivity index (χ4v) is 6.83. The van der Waals surface area contributed by atoms with Crippen LogP contribution in [-0.4, -0.2) is 24.2 Å². The summed E-state index contributed by atoms with van der Waals surface area (Å²) in [6, 6.07) is 1.91. The van der Waals surface area contributed by atoms with Gasteiger partial charge in [0.25, 0.3) is 0 Å². The summed E-state index contributed by atoms with van der Waals surface area (Å²) in [4.78, 5) is 0. The van der Waals surface area contributed by atoms with Crippen LogP contribution in [0.25, 0.3) is 0 Å². The maximum atomic E-state index is 6.20. The molecule has 4 fully saturated rings. The van der Waals surface area contributed by atoms with Gasteiger partial charge in [-0.2, -0.15) is 0 Å². The van der Waals surface area contributed by atoms with Gasteiger partial charge in [-0.3, -0.25) is 0 Å². The van der Waals surface area contributed by atoms with E-state index in [2.05, 4.69) is 0 Å². The van der Waals surface area contributed by atoms with E-state index >= 15 is 0 Å². The van der Waals surface area contributed by atoms with E-state index in [-0.39, 0.29) is 0 Å². The largest absolute Gasteiger partial charge is 0.328 e. The summed E-state index contributed by atoms with van der Waals surface area (Å²) in [7, 11) is 0. The normalized spacial score (nSPS) is 42.8. The van der Waals surface area contributed by atoms with Gasteiger partial charge in [0, 0.05) is 24.2 Å². The third-order valence-electron chi connectivity index (χ3n) is 9.04. The van der Waals surface area contributed by atoms with Crippen molar-refractivity contribution in [2.45, 2.75) is 140 Å². The number of rotatable bonds is 4. The van der Waals surface area contributed by atoms with Crippen molar-refractivity contribution >= 4 is 0 Å². The molecule has 0 aliphatic heterocycles. The molecule has 4 saturated carbocycles. The molecule has 0 aromatic carbocycles. The van der Waals surface area contributed by atoms with Gasteiger partial charge < -0.3 is 22.9 Å². The van der Waals surface area contributed by atoms with E-state index in [0.717, 1.165) is 23.7 Å². The van der Waals surface area contributed by atoms with Crippen molar-refractivity contribution < 1.29 is 0 Å². The Kier molecular flexibility index (Phi) is 10.4. The molecule has 4 heteroatoms. The van der Waals surface area contributed by atoms with Crippen molar-refractivity contribution in [3.8, 4) is 0 Å². The lowest BCUT2D eigenvalue weighted by Gasteiger charge is -2.35. The number of hydrogen-bond acceptors (Lipinski definition) is 4. The van der Waals surface area contributed by atoms with E-state index in [0.29, 0.717) is 24.2 Å². The molecule has 0 aromatic heterocycles. The zero-order valence-electron chi connectivity index (χ0n) is 19.7. The van der Waals surface area contributed by atoms with Crippen LogP contribution in [-0.2, 0) is 0 Å². The topological polar surface area (TPSA) is 104 Å². The minimum Gasteiger partial charge on any atom is -0.328 e. The third kappa shape index (κ3) is 7.76. The molecule has 0 amide bonds. The second-order valence-corrected chi connectivity index (χ2v) is 11.4. The minimum absolute atomic E-state index is 0.466. The lowest BCUT2D eigenvalue weighted by molar-refractivity contribution is 0.202. The van der Waals surface area contributed by atoms with Crippen LogP contribution in [0.1, 0.15) is 116 Å². The van der Waals surface area contributed by atoms with Crippen molar-refractivity contribution in [3.05, 3.63) is 0 Å². The highest BCUT2D eigenvalue weighted by atomic mass is 14.7. The summed E-state index contributed by atoms with van der Waals surface area (Å²) in [6.45, 7) is 0. The van der Waals surface area contributed by atoms with Crippen LogP contribution >= 0.6 is 0 Å². The maximum Gasteiger partial charge on any atom is 0.00672 e. The van der Waals surface area contributed by atoms with Gasteiger partial charge in [0.15, 0.2) is 0 Å². The highest BCUT2D eigenvalue weighted by molar-refractivity contribution is 4.85. The molecular weight excluding hydrogens is 368 g/mol. The van der Waals surface area contributed by atoms with E-state index in [1.807, 2.05) is 0 Å². The first-order chi connectivity index (χ1) is 14.5. The standard InChI is InChI=1S/2C13H26N2/c14-12-7-3-1-5-10(12)9-11-6-2-4-8-13(11)15;14-12-7-5-10(6-8-12)9-11-3-1-2-4-13(11)15/h2*10-13H,1-9,14-15H2. The fourth-order valence-electron chi connectivity index (χ4n) is 6.83. The van der Waals surface area contributed by atoms with Crippen LogP contribution in [0.4, 0.5) is 0 Å². The molecule has 0 spiro atoms. The molecule has 176 valence electrons. The Bertz CT molecular complexity index is 442. The lowest BCUT2D eigenvalue weighted by atomic mass is 9.74. The summed E-state index contributed by atoms with van der Waals surface area (Å²) >= 11 is 0. The van der Waals surface area contributed by atoms with Gasteiger partial charge in [-0.15, -0.1) is 0 Å². The van der Waals surface area contributed by atoms with Crippen LogP contribution in [0, 0.1) is 23.7 Å². The van der Waals surface area contributed by atoms with E-state index in [1.54, 1.807) is 0 Å². The second kappa shape index (κ2) is 12.8. The van der Waals surface area contributed by atoms with Gasteiger partial charge in [-0.05, 0) is 101 Å². The van der Waals surface area contributed by atoms with E-state index in [1.165, 1.54) is 116 Å². The van der Waals surface area contributed by atoms with E-state index < -0.39 is 0 Å². The molecule has 30 heavy (non-hydrogen) atoms. The summed E-state index contributed by atoms with van der Waals surface area (Å²) in [5.74, 6) is 3.29. The monoisotopic (exact) mass is 420 g/mol. The molecule has 0 aromatic rings. The zero-order valence-corrected chi connectivity index (χ0v) is 19.7. The van der Waals surface area contributed by atoms with Crippen molar-refractivity contribution in [1.82, 2.24) is 0 Å². The second-order valence-electron chi connectivity index (χ2n) is 11.4. The average molecular weight is 421 g/mol. The molecule has 6 atom stereocenters. The average Bonchev–Trinajstić information content (AvgIpc) is 2.75. The quantitative estimate of drug-likeness (QED) is 0.523. The zero-order chi connectivity index (χ0) is 21.3. The first-order valence-corrected chi connectivity index (χ1v) is 13.5. The molecule has 0 radical (unpaired) electrons. The van der Waals surface area contributed by atoms with Gasteiger partial charge in [0.2, 0.25) is 0 Å². The van der Waals surface area contributed by atoms with E-state index in [4.69, 9.17) is 22.9 Å². The maximum absolute atomic E-state index is 6.20. The molecule has 4 nitrogen and oxygen atoms in total. The van der Waals surface area contributed by atoms with Crippen molar-refractivity contribution in [1.29, 1.82) is 0 Å². The molecule has 4 aliphatic carbocycles. The summed E-state index contributed by atoms with van der Waals surface area (Å²) in [6.07, 6.45) is 23.9. The van der Waals surface area contributed by atoms with Gasteiger partial charge in [0.05, 0.1) is 0 Å². The number of nitrogens with two attached hydrogens (primary N) is 4. The first kappa shape index (κ1) is 24.5. The van der Waals surface area contributed by atoms with Crippen molar-refractivity contribution in [2.75, 3.05) is 0 Å². The molecular formula is C26H52N4. The Morgan fingerprint density at radius 2 is 0.767 bits per heavy atom. The predicted octanol–water partition coefficient (Wildman–Crippen LogP) is 4.82. The SMILES string of the molecule is NC1CCC(CC2CCCCC2N)CC1.NC1CCCCC1CC1CCCCC1N. The summed E-state index contributed by atoms with van der Waals surface area (Å²) in [5.41, 5.74) is 24.5. The molecule has 4 aliphatic rings. The van der Waals surface area contributed by atoms with Gasteiger partial charge >= 0.3 is 0 Å². The van der Waals surface area contributed by atoms with Crippen LogP contribution in [0.5, 0.6) is 0 Å². The lowest BCUT2D eigenvalue weighted by Crippen LogP contribution is -2.39. The molecule has 0 bridgehead atoms. The van der Waals surface area contributed by atoms with Gasteiger partial charge in [-0.25, -0.2) is 0 Å². The Morgan fingerprint density at radius 3 is 1.17 bits per heavy atom. The molecule has 0 heterocycles. The molecule has 6 unspecified atom stereocenters. The van der Waals surface area contributed by atoms with Gasteiger partial charge in [-0.1, -0.05) is 38.5 Å². The highest BCUT2D eigenvalue weighted by Crippen LogP contribution is 2.35. The fraction of sp³-hybridized carbons (Fsp3) is 1.00. The van der Waals surface area contributed by atoms with Gasteiger partial charge in [0.1, 0.15) is 0 Å². The molecule has 0 saturated heterocycles. The van der Waals surface area contributed by atoms with E-state index in [9.17, 15) is 0 Å². The van der Waals surface area contributed by atoms with Crippen LogP contribution in [0.2, 0.25) is 0 Å². The summed E-state index contributed by atoms with van der Waals surface area (Å²) < 4.78 is 0. The smallest absolute Gasteiger partial charge is 0.00672 e. The molecule has 4 rings (SSSR count). The summed E-state index contributed by atoms with van der Waals surface area (Å²) in [5, 5.41) is 0. The highest BCUT2D eigenvalue weighted by Gasteiger charge is 2.29. The minimum atomic E-state index is 0.466.